The predicted molar refractivity (Wildman–Crippen MR) is 59.2 cm³/mol. The van der Waals surface area contributed by atoms with Crippen molar-refractivity contribution >= 4 is 11.6 Å². The summed E-state index contributed by atoms with van der Waals surface area (Å²) in [4.78, 5) is 21.1. The van der Waals surface area contributed by atoms with E-state index >= 15 is 0 Å². The second kappa shape index (κ2) is 4.05. The molecule has 7 heteroatoms. The number of nitro groups is 1. The minimum absolute atomic E-state index is 0.0195. The molecule has 0 unspecified atom stereocenters. The Morgan fingerprint density at radius 2 is 2.00 bits per heavy atom. The number of carbonyl (C=O) groups is 1. The summed E-state index contributed by atoms with van der Waals surface area (Å²) < 4.78 is 0. The SMILES string of the molecule is NC(=O)c1cn[nH]c1-c1ccc([N+](=O)[O-])cc1. The van der Waals surface area contributed by atoms with Crippen LogP contribution in [-0.4, -0.2) is 21.0 Å². The van der Waals surface area contributed by atoms with Gasteiger partial charge in [-0.2, -0.15) is 5.10 Å². The maximum absolute atomic E-state index is 11.1. The molecule has 0 aliphatic carbocycles. The second-order valence-corrected chi connectivity index (χ2v) is 3.33. The number of nitrogens with two attached hydrogens (primary N) is 1. The second-order valence-electron chi connectivity index (χ2n) is 3.33. The number of rotatable bonds is 3. The lowest BCUT2D eigenvalue weighted by Gasteiger charge is -1.99. The molecule has 17 heavy (non-hydrogen) atoms. The third kappa shape index (κ3) is 1.98. The number of non-ortho nitro benzene ring substituents is 1. The molecule has 86 valence electrons. The number of amides is 1. The maximum Gasteiger partial charge on any atom is 0.269 e. The van der Waals surface area contributed by atoms with Crippen molar-refractivity contribution in [2.45, 2.75) is 0 Å². The largest absolute Gasteiger partial charge is 0.365 e. The van der Waals surface area contributed by atoms with Crippen molar-refractivity contribution < 1.29 is 9.72 Å². The van der Waals surface area contributed by atoms with Crippen molar-refractivity contribution in [2.24, 2.45) is 5.73 Å². The van der Waals surface area contributed by atoms with Crippen LogP contribution < -0.4 is 5.73 Å². The van der Waals surface area contributed by atoms with Crippen molar-refractivity contribution in [1.29, 1.82) is 0 Å². The van der Waals surface area contributed by atoms with Crippen LogP contribution in [0.25, 0.3) is 11.3 Å². The van der Waals surface area contributed by atoms with E-state index in [1.54, 1.807) is 0 Å². The van der Waals surface area contributed by atoms with Crippen LogP contribution in [0, 0.1) is 10.1 Å². The summed E-state index contributed by atoms with van der Waals surface area (Å²) in [7, 11) is 0. The van der Waals surface area contributed by atoms with Crippen LogP contribution in [0.3, 0.4) is 0 Å². The smallest absolute Gasteiger partial charge is 0.269 e. The van der Waals surface area contributed by atoms with Crippen LogP contribution >= 0.6 is 0 Å². The molecular weight excluding hydrogens is 224 g/mol. The third-order valence-electron chi connectivity index (χ3n) is 2.27. The van der Waals surface area contributed by atoms with E-state index < -0.39 is 10.8 Å². The van der Waals surface area contributed by atoms with E-state index in [0.29, 0.717) is 11.3 Å². The van der Waals surface area contributed by atoms with Crippen molar-refractivity contribution in [2.75, 3.05) is 0 Å². The first-order valence-electron chi connectivity index (χ1n) is 4.67. The molecule has 3 N–H and O–H groups in total. The molecule has 7 nitrogen and oxygen atoms in total. The number of primary amides is 1. The maximum atomic E-state index is 11.1. The quantitative estimate of drug-likeness (QED) is 0.608. The summed E-state index contributed by atoms with van der Waals surface area (Å²) in [6.45, 7) is 0. The number of benzene rings is 1. The molecular formula is C10H8N4O3. The number of aromatic amines is 1. The summed E-state index contributed by atoms with van der Waals surface area (Å²) >= 11 is 0. The van der Waals surface area contributed by atoms with Gasteiger partial charge >= 0.3 is 0 Å². The van der Waals surface area contributed by atoms with Crippen molar-refractivity contribution in [3.05, 3.63) is 46.1 Å². The molecule has 0 saturated carbocycles. The Balaban J connectivity index is 2.43. The molecule has 1 aromatic carbocycles. The van der Waals surface area contributed by atoms with Gasteiger partial charge in [0.15, 0.2) is 0 Å². The van der Waals surface area contributed by atoms with Gasteiger partial charge in [0.2, 0.25) is 0 Å². The summed E-state index contributed by atoms with van der Waals surface area (Å²) in [5.74, 6) is -0.605. The van der Waals surface area contributed by atoms with Crippen LogP contribution in [0.1, 0.15) is 10.4 Å². The zero-order valence-electron chi connectivity index (χ0n) is 8.58. The van der Waals surface area contributed by atoms with Crippen LogP contribution in [0.5, 0.6) is 0 Å². The highest BCUT2D eigenvalue weighted by Gasteiger charge is 2.13. The van der Waals surface area contributed by atoms with Gasteiger partial charge in [-0.25, -0.2) is 0 Å². The molecule has 2 rings (SSSR count). The zero-order valence-corrected chi connectivity index (χ0v) is 8.58. The molecule has 0 saturated heterocycles. The Bertz CT molecular complexity index is 573. The van der Waals surface area contributed by atoms with Gasteiger partial charge in [-0.1, -0.05) is 0 Å². The first-order chi connectivity index (χ1) is 8.09. The summed E-state index contributed by atoms with van der Waals surface area (Å²) in [5, 5.41) is 16.8. The van der Waals surface area contributed by atoms with Crippen LogP contribution in [0.15, 0.2) is 30.5 Å². The minimum Gasteiger partial charge on any atom is -0.365 e. The lowest BCUT2D eigenvalue weighted by Crippen LogP contribution is -2.11. The van der Waals surface area contributed by atoms with Crippen molar-refractivity contribution in [3.8, 4) is 11.3 Å². The summed E-state index contributed by atoms with van der Waals surface area (Å²) in [6.07, 6.45) is 1.32. The molecule has 0 spiro atoms. The Morgan fingerprint density at radius 3 is 2.53 bits per heavy atom. The van der Waals surface area contributed by atoms with Crippen molar-refractivity contribution in [3.63, 3.8) is 0 Å². The highest BCUT2D eigenvalue weighted by molar-refractivity contribution is 5.98. The first-order valence-corrected chi connectivity index (χ1v) is 4.67. The van der Waals surface area contributed by atoms with Crippen LogP contribution in [0.4, 0.5) is 5.69 Å². The molecule has 2 aromatic rings. The Labute approximate surface area is 95.4 Å². The number of nitrogens with zero attached hydrogens (tertiary/aromatic N) is 2. The molecule has 1 amide bonds. The van der Waals surface area contributed by atoms with E-state index in [0.717, 1.165) is 0 Å². The molecule has 0 fully saturated rings. The molecule has 0 aliphatic rings. The van der Waals surface area contributed by atoms with E-state index in [9.17, 15) is 14.9 Å². The average molecular weight is 232 g/mol. The highest BCUT2D eigenvalue weighted by atomic mass is 16.6. The van der Waals surface area contributed by atoms with Gasteiger partial charge < -0.3 is 5.73 Å². The zero-order chi connectivity index (χ0) is 12.4. The lowest BCUT2D eigenvalue weighted by molar-refractivity contribution is -0.384. The van der Waals surface area contributed by atoms with Gasteiger partial charge in [0.25, 0.3) is 11.6 Å². The molecule has 0 atom stereocenters. The predicted octanol–water partition coefficient (Wildman–Crippen LogP) is 1.08. The van der Waals surface area contributed by atoms with Crippen molar-refractivity contribution in [1.82, 2.24) is 10.2 Å². The molecule has 0 bridgehead atoms. The third-order valence-corrected chi connectivity index (χ3v) is 2.27. The minimum atomic E-state index is -0.605. The van der Waals surface area contributed by atoms with Crippen LogP contribution in [-0.2, 0) is 0 Å². The number of nitro benzene ring substituents is 1. The summed E-state index contributed by atoms with van der Waals surface area (Å²) in [5.41, 5.74) is 6.46. The molecule has 1 aromatic heterocycles. The van der Waals surface area contributed by atoms with E-state index in [4.69, 9.17) is 5.73 Å². The van der Waals surface area contributed by atoms with Gasteiger partial charge in [0.05, 0.1) is 22.4 Å². The number of hydrogen-bond acceptors (Lipinski definition) is 4. The first kappa shape index (κ1) is 10.8. The number of H-pyrrole nitrogens is 1. The fraction of sp³-hybridized carbons (Fsp3) is 0. The van der Waals surface area contributed by atoms with Gasteiger partial charge in [-0.15, -0.1) is 0 Å². The van der Waals surface area contributed by atoms with E-state index in [-0.39, 0.29) is 11.3 Å². The van der Waals surface area contributed by atoms with E-state index in [1.165, 1.54) is 30.5 Å². The fourth-order valence-electron chi connectivity index (χ4n) is 1.44. The fourth-order valence-corrected chi connectivity index (χ4v) is 1.44. The van der Waals surface area contributed by atoms with Gasteiger partial charge in [-0.05, 0) is 12.1 Å². The normalized spacial score (nSPS) is 10.1. The van der Waals surface area contributed by atoms with E-state index in [2.05, 4.69) is 10.2 Å². The standard InChI is InChI=1S/C10H8N4O3/c11-10(15)8-5-12-13-9(8)6-1-3-7(4-2-6)14(16)17/h1-5H,(H2,11,15)(H,12,13). The highest BCUT2D eigenvalue weighted by Crippen LogP contribution is 2.23. The summed E-state index contributed by atoms with van der Waals surface area (Å²) in [6, 6.07) is 5.75. The average Bonchev–Trinajstić information content (AvgIpc) is 2.78. The number of aromatic nitrogens is 2. The van der Waals surface area contributed by atoms with Gasteiger partial charge in [-0.3, -0.25) is 20.0 Å². The number of carbonyl (C=O) groups excluding carboxylic acids is 1. The topological polar surface area (TPSA) is 115 Å². The Kier molecular flexibility index (Phi) is 2.57. The molecule has 1 heterocycles. The molecule has 0 aliphatic heterocycles. The van der Waals surface area contributed by atoms with Gasteiger partial charge in [0, 0.05) is 17.7 Å². The van der Waals surface area contributed by atoms with Crippen LogP contribution in [0.2, 0.25) is 0 Å². The lowest BCUT2D eigenvalue weighted by atomic mass is 10.1. The number of nitrogens with one attached hydrogen (secondary N) is 1. The monoisotopic (exact) mass is 232 g/mol. The number of hydrogen-bond donors (Lipinski definition) is 2. The van der Waals surface area contributed by atoms with E-state index in [1.807, 2.05) is 0 Å². The molecule has 0 radical (unpaired) electrons. The Morgan fingerprint density at radius 1 is 1.35 bits per heavy atom. The van der Waals surface area contributed by atoms with Gasteiger partial charge in [0.1, 0.15) is 0 Å². The Hall–Kier alpha value is -2.70.